The van der Waals surface area contributed by atoms with Crippen molar-refractivity contribution in [3.05, 3.63) is 24.3 Å². The Balaban J connectivity index is 2.07. The van der Waals surface area contributed by atoms with Gasteiger partial charge in [-0.25, -0.2) is 4.79 Å². The average Bonchev–Trinajstić information content (AvgIpc) is 2.52. The van der Waals surface area contributed by atoms with Crippen molar-refractivity contribution in [2.75, 3.05) is 19.8 Å². The molecule has 2 rings (SSSR count). The highest BCUT2D eigenvalue weighted by atomic mass is 16.6. The van der Waals surface area contributed by atoms with E-state index in [0.29, 0.717) is 37.5 Å². The number of rotatable bonds is 6. The second kappa shape index (κ2) is 7.52. The zero-order valence-corrected chi connectivity index (χ0v) is 14.9. The van der Waals surface area contributed by atoms with E-state index in [1.54, 1.807) is 0 Å². The van der Waals surface area contributed by atoms with Gasteiger partial charge in [0.1, 0.15) is 6.61 Å². The van der Waals surface area contributed by atoms with Gasteiger partial charge in [-0.1, -0.05) is 44.9 Å². The predicted octanol–water partition coefficient (Wildman–Crippen LogP) is 3.93. The average molecular weight is 321 g/mol. The molecular formula is C19H31NO3. The molecule has 1 fully saturated rings. The van der Waals surface area contributed by atoms with E-state index < -0.39 is 0 Å². The van der Waals surface area contributed by atoms with E-state index in [9.17, 15) is 4.79 Å². The summed E-state index contributed by atoms with van der Waals surface area (Å²) >= 11 is 0. The Bertz CT molecular complexity index is 473. The topological polar surface area (TPSA) is 47.6 Å². The van der Waals surface area contributed by atoms with Gasteiger partial charge >= 0.3 is 6.09 Å². The quantitative estimate of drug-likeness (QED) is 0.595. The van der Waals surface area contributed by atoms with Gasteiger partial charge in [0, 0.05) is 17.9 Å². The molecule has 4 nitrogen and oxygen atoms in total. The molecule has 1 N–H and O–H groups in total. The molecule has 0 radical (unpaired) electrons. The molecule has 0 saturated carbocycles. The minimum atomic E-state index is -0.319. The van der Waals surface area contributed by atoms with Crippen molar-refractivity contribution in [3.63, 3.8) is 0 Å². The van der Waals surface area contributed by atoms with E-state index in [4.69, 9.17) is 9.47 Å². The fourth-order valence-electron chi connectivity index (χ4n) is 4.14. The van der Waals surface area contributed by atoms with Crippen LogP contribution in [0.4, 0.5) is 4.79 Å². The molecule has 4 heteroatoms. The van der Waals surface area contributed by atoms with E-state index in [2.05, 4.69) is 45.7 Å². The summed E-state index contributed by atoms with van der Waals surface area (Å²) in [6, 6.07) is 0. The number of amides is 1. The van der Waals surface area contributed by atoms with Crippen LogP contribution in [-0.4, -0.2) is 32.0 Å². The smallest absolute Gasteiger partial charge is 0.407 e. The Hall–Kier alpha value is -1.29. The maximum Gasteiger partial charge on any atom is 0.407 e. The van der Waals surface area contributed by atoms with Crippen LogP contribution in [0.5, 0.6) is 0 Å². The van der Waals surface area contributed by atoms with Crippen molar-refractivity contribution in [1.82, 2.24) is 5.32 Å². The Kier molecular flexibility index (Phi) is 5.90. The van der Waals surface area contributed by atoms with Crippen LogP contribution in [0.2, 0.25) is 0 Å². The van der Waals surface area contributed by atoms with Crippen LogP contribution >= 0.6 is 0 Å². The highest BCUT2D eigenvalue weighted by Gasteiger charge is 2.53. The molecule has 1 saturated heterocycles. The number of hydrogen-bond donors (Lipinski definition) is 1. The van der Waals surface area contributed by atoms with Crippen molar-refractivity contribution in [2.24, 2.45) is 23.2 Å². The highest BCUT2D eigenvalue weighted by molar-refractivity contribution is 5.67. The zero-order valence-electron chi connectivity index (χ0n) is 14.9. The molecule has 1 aliphatic heterocycles. The molecule has 1 aliphatic carbocycles. The van der Waals surface area contributed by atoms with Crippen LogP contribution in [0.3, 0.4) is 0 Å². The lowest BCUT2D eigenvalue weighted by molar-refractivity contribution is -0.148. The lowest BCUT2D eigenvalue weighted by atomic mass is 9.56. The summed E-state index contributed by atoms with van der Waals surface area (Å²) in [5.74, 6) is 1.04. The van der Waals surface area contributed by atoms with Crippen molar-refractivity contribution >= 4 is 6.09 Å². The number of unbranched alkanes of at least 4 members (excludes halogenated alkanes) is 1. The van der Waals surface area contributed by atoms with Gasteiger partial charge in [0.15, 0.2) is 0 Å². The van der Waals surface area contributed by atoms with Gasteiger partial charge in [-0.2, -0.15) is 0 Å². The molecule has 0 aromatic rings. The largest absolute Gasteiger partial charge is 0.449 e. The highest BCUT2D eigenvalue weighted by Crippen LogP contribution is 2.52. The maximum atomic E-state index is 11.9. The number of hydrogen-bond acceptors (Lipinski definition) is 3. The molecule has 0 spiro atoms. The van der Waals surface area contributed by atoms with Crippen molar-refractivity contribution in [3.8, 4) is 0 Å². The summed E-state index contributed by atoms with van der Waals surface area (Å²) in [4.78, 5) is 11.9. The van der Waals surface area contributed by atoms with Crippen molar-refractivity contribution in [1.29, 1.82) is 0 Å². The number of ether oxygens (including phenoxy) is 2. The molecule has 23 heavy (non-hydrogen) atoms. The summed E-state index contributed by atoms with van der Waals surface area (Å²) in [5.41, 5.74) is 1.21. The number of nitrogens with one attached hydrogen (secondary N) is 1. The Morgan fingerprint density at radius 3 is 2.96 bits per heavy atom. The lowest BCUT2D eigenvalue weighted by Gasteiger charge is -2.54. The lowest BCUT2D eigenvalue weighted by Crippen LogP contribution is -2.56. The van der Waals surface area contributed by atoms with Gasteiger partial charge in [0.2, 0.25) is 0 Å². The molecular weight excluding hydrogens is 290 g/mol. The molecule has 130 valence electrons. The van der Waals surface area contributed by atoms with Gasteiger partial charge in [0.05, 0.1) is 12.7 Å². The number of fused-ring (bicyclic) bond motifs is 2. The first-order valence-electron chi connectivity index (χ1n) is 8.79. The van der Waals surface area contributed by atoms with E-state index in [0.717, 1.165) is 12.8 Å². The molecule has 0 aromatic heterocycles. The van der Waals surface area contributed by atoms with Crippen LogP contribution in [-0.2, 0) is 9.47 Å². The van der Waals surface area contributed by atoms with Gasteiger partial charge in [-0.15, -0.1) is 6.58 Å². The standard InChI is InChI=1S/C19H31NO3/c1-6-8-9-20-18(21)23-12-19-11-22-16(7-2)17(15(19)5)13(3)10-14(19)4/h7,10,14-17H,2,6,8-9,11-12H2,1,3-5H3,(H,20,21)/t14-,15+,16-,17-,19+/m0/s1. The zero-order chi connectivity index (χ0) is 17.0. The second-order valence-corrected chi connectivity index (χ2v) is 7.11. The van der Waals surface area contributed by atoms with Crippen LogP contribution < -0.4 is 5.32 Å². The molecule has 5 atom stereocenters. The molecule has 2 aliphatic rings. The first-order valence-corrected chi connectivity index (χ1v) is 8.79. The summed E-state index contributed by atoms with van der Waals surface area (Å²) in [5, 5.41) is 2.82. The molecule has 1 amide bonds. The molecule has 2 bridgehead atoms. The summed E-state index contributed by atoms with van der Waals surface area (Å²) in [7, 11) is 0. The Labute approximate surface area is 140 Å². The van der Waals surface area contributed by atoms with Gasteiger partial charge in [-0.05, 0) is 25.2 Å². The Morgan fingerprint density at radius 2 is 2.30 bits per heavy atom. The molecule has 1 heterocycles. The van der Waals surface area contributed by atoms with Crippen LogP contribution in [0, 0.1) is 23.2 Å². The minimum Gasteiger partial charge on any atom is -0.449 e. The van der Waals surface area contributed by atoms with E-state index in [1.165, 1.54) is 5.57 Å². The molecule has 0 aromatic carbocycles. The van der Waals surface area contributed by atoms with E-state index in [1.807, 2.05) is 6.08 Å². The van der Waals surface area contributed by atoms with Crippen molar-refractivity contribution < 1.29 is 14.3 Å². The number of alkyl carbamates (subject to hydrolysis) is 1. The monoisotopic (exact) mass is 321 g/mol. The van der Waals surface area contributed by atoms with Gasteiger partial charge in [0.25, 0.3) is 0 Å². The minimum absolute atomic E-state index is 0.0558. The Morgan fingerprint density at radius 1 is 1.57 bits per heavy atom. The normalized spacial score (nSPS) is 36.1. The van der Waals surface area contributed by atoms with E-state index in [-0.39, 0.29) is 17.6 Å². The van der Waals surface area contributed by atoms with Crippen LogP contribution in [0.25, 0.3) is 0 Å². The first-order chi connectivity index (χ1) is 11.0. The first kappa shape index (κ1) is 18.1. The molecule has 0 unspecified atom stereocenters. The summed E-state index contributed by atoms with van der Waals surface area (Å²) < 4.78 is 11.6. The third-order valence-electron chi connectivity index (χ3n) is 5.79. The fourth-order valence-corrected chi connectivity index (χ4v) is 4.14. The van der Waals surface area contributed by atoms with E-state index >= 15 is 0 Å². The van der Waals surface area contributed by atoms with Crippen molar-refractivity contribution in [2.45, 2.75) is 46.6 Å². The third kappa shape index (κ3) is 3.47. The third-order valence-corrected chi connectivity index (χ3v) is 5.79. The van der Waals surface area contributed by atoms with Gasteiger partial charge in [-0.3, -0.25) is 0 Å². The van der Waals surface area contributed by atoms with Crippen LogP contribution in [0.15, 0.2) is 24.3 Å². The predicted molar refractivity (Wildman–Crippen MR) is 92.2 cm³/mol. The summed E-state index contributed by atoms with van der Waals surface area (Å²) in [6.45, 7) is 14.3. The number of allylic oxidation sites excluding steroid dienone is 1. The van der Waals surface area contributed by atoms with Crippen LogP contribution in [0.1, 0.15) is 40.5 Å². The number of carbonyl (C=O) groups is 1. The number of carbonyl (C=O) groups excluding carboxylic acids is 1. The second-order valence-electron chi connectivity index (χ2n) is 7.11. The van der Waals surface area contributed by atoms with Gasteiger partial charge < -0.3 is 14.8 Å². The fraction of sp³-hybridized carbons (Fsp3) is 0.737. The SMILES string of the molecule is C=C[C@@H]1OC[C@]2(COC(=O)NCCCC)[C@H](C)[C@@H]1C(C)=C[C@@H]2C. The maximum absolute atomic E-state index is 11.9. The summed E-state index contributed by atoms with van der Waals surface area (Å²) in [6.07, 6.45) is 5.99.